The molecule has 1 fully saturated rings. The molecule has 0 aromatic heterocycles. The van der Waals surface area contributed by atoms with Crippen molar-refractivity contribution in [3.05, 3.63) is 59.2 Å². The van der Waals surface area contributed by atoms with Crippen molar-refractivity contribution in [3.8, 4) is 0 Å². The van der Waals surface area contributed by atoms with Gasteiger partial charge in [0, 0.05) is 47.5 Å². The zero-order valence-electron chi connectivity index (χ0n) is 52.8. The fourth-order valence-electron chi connectivity index (χ4n) is 9.78. The monoisotopic (exact) mass is 1140 g/mol. The van der Waals surface area contributed by atoms with Gasteiger partial charge in [0.15, 0.2) is 24.4 Å². The molecule has 3 rings (SSSR count). The van der Waals surface area contributed by atoms with Crippen molar-refractivity contribution in [3.63, 3.8) is 0 Å². The summed E-state index contributed by atoms with van der Waals surface area (Å²) in [5, 5.41) is 0. The molecule has 1 aromatic carbocycles. The van der Waals surface area contributed by atoms with E-state index in [1.54, 1.807) is 12.1 Å². The maximum absolute atomic E-state index is 15.9. The molecule has 1 heterocycles. The molecule has 0 spiro atoms. The predicted molar refractivity (Wildman–Crippen MR) is 308 cm³/mol. The van der Waals surface area contributed by atoms with E-state index in [2.05, 4.69) is 20.8 Å². The van der Waals surface area contributed by atoms with Crippen LogP contribution in [0.4, 0.5) is 8.78 Å². The lowest BCUT2D eigenvalue weighted by atomic mass is 9.76. The molecule has 0 saturated carbocycles. The van der Waals surface area contributed by atoms with Crippen LogP contribution in [0.25, 0.3) is 0 Å². The molecule has 0 radical (unpaired) electrons. The van der Waals surface area contributed by atoms with Crippen LogP contribution in [0.5, 0.6) is 0 Å². The van der Waals surface area contributed by atoms with Gasteiger partial charge in [-0.1, -0.05) is 126 Å². The molecule has 2 aliphatic rings. The molecular formula is C63H98F2N4O12. The summed E-state index contributed by atoms with van der Waals surface area (Å²) in [5.74, 6) is -7.65. The molecule has 1 aliphatic carbocycles. The molecule has 0 N–H and O–H groups in total. The quantitative estimate of drug-likeness (QED) is 0.151. The number of ether oxygens (including phenoxy) is 4. The maximum Gasteiger partial charge on any atom is 0.329 e. The summed E-state index contributed by atoms with van der Waals surface area (Å²) in [6.45, 7) is 30.9. The number of cyclic esters (lactones) is 4. The Morgan fingerprint density at radius 1 is 0.494 bits per heavy atom. The number of nitrogens with zero attached hydrogens (tertiary/aromatic N) is 4. The maximum atomic E-state index is 15.9. The highest BCUT2D eigenvalue weighted by Gasteiger charge is 2.45. The molecule has 456 valence electrons. The summed E-state index contributed by atoms with van der Waals surface area (Å²) in [4.78, 5) is 122. The summed E-state index contributed by atoms with van der Waals surface area (Å²) >= 11 is 0. The molecule has 1 saturated heterocycles. The highest BCUT2D eigenvalue weighted by atomic mass is 19.1. The Labute approximate surface area is 482 Å². The van der Waals surface area contributed by atoms with Crippen LogP contribution >= 0.6 is 0 Å². The largest absolute Gasteiger partial charge is 0.451 e. The second-order valence-corrected chi connectivity index (χ2v) is 28.3. The summed E-state index contributed by atoms with van der Waals surface area (Å²) in [5.41, 5.74) is -3.42. The predicted octanol–water partition coefficient (Wildman–Crippen LogP) is 10.0. The average Bonchev–Trinajstić information content (AvgIpc) is 3.32. The van der Waals surface area contributed by atoms with Crippen LogP contribution in [0, 0.1) is 22.2 Å². The Morgan fingerprint density at radius 2 is 0.877 bits per heavy atom. The van der Waals surface area contributed by atoms with E-state index in [1.165, 1.54) is 69.7 Å². The first-order valence-corrected chi connectivity index (χ1v) is 28.4. The fourth-order valence-corrected chi connectivity index (χ4v) is 9.78. The molecule has 1 aliphatic heterocycles. The van der Waals surface area contributed by atoms with Gasteiger partial charge in [0.05, 0.1) is 0 Å². The number of carbonyl (C=O) groups excluding carboxylic acids is 8. The van der Waals surface area contributed by atoms with Gasteiger partial charge in [-0.15, -0.1) is 0 Å². The number of benzene rings is 1. The topological polar surface area (TPSA) is 186 Å². The summed E-state index contributed by atoms with van der Waals surface area (Å²) in [7, 11) is 5.17. The Bertz CT molecular complexity index is 2470. The molecule has 16 nitrogen and oxygen atoms in total. The smallest absolute Gasteiger partial charge is 0.329 e. The number of hydrogen-bond acceptors (Lipinski definition) is 12. The average molecular weight is 1140 g/mol. The van der Waals surface area contributed by atoms with Crippen LogP contribution in [0.3, 0.4) is 0 Å². The third kappa shape index (κ3) is 21.2. The molecule has 81 heavy (non-hydrogen) atoms. The minimum atomic E-state index is -2.10. The van der Waals surface area contributed by atoms with Crippen molar-refractivity contribution in [2.45, 2.75) is 241 Å². The van der Waals surface area contributed by atoms with E-state index in [-0.39, 0.29) is 55.3 Å². The number of rotatable bonds is 11. The minimum absolute atomic E-state index is 0.0200. The van der Waals surface area contributed by atoms with Gasteiger partial charge in [-0.25, -0.2) is 28.0 Å². The first kappa shape index (κ1) is 69.6. The molecule has 1 aromatic rings. The number of amides is 4. The standard InChI is InChI=1S/C63H98F2N4O12/c1-38-50(70)66(19)44(31-32-62(15,16)64)54(74)80-48(33-40-23-27-42(28-24-40)60(9,10)11)52(72)68(21)46(36-59(6,7)8)56(76)79-39(2)51(71)67(20)47(37-63(17,18)65)57(77)81-49(34-41-25-29-43(30-26-41)61(12,13)14)53(73)69(22)45(55(75)78-38)35-58(3,4)5/h23-29,38-39,43-49H,30-37H2,1-22H3/t38-,39-,43?,44+,45+,46+,47+,48-,49-/m1/s1. The Hall–Kier alpha value is -5.68. The van der Waals surface area contributed by atoms with Gasteiger partial charge in [-0.3, -0.25) is 19.2 Å². The van der Waals surface area contributed by atoms with E-state index in [1.807, 2.05) is 92.7 Å². The number of alkyl halides is 2. The second kappa shape index (κ2) is 27.1. The van der Waals surface area contributed by atoms with Gasteiger partial charge in [0.2, 0.25) is 0 Å². The first-order valence-electron chi connectivity index (χ1n) is 28.4. The number of allylic oxidation sites excluding steroid dienone is 3. The molecule has 4 amide bonds. The normalized spacial score (nSPS) is 26.0. The Morgan fingerprint density at radius 3 is 1.25 bits per heavy atom. The van der Waals surface area contributed by atoms with Gasteiger partial charge in [0.1, 0.15) is 35.5 Å². The Kier molecular flexibility index (Phi) is 23.3. The lowest BCUT2D eigenvalue weighted by Crippen LogP contribution is -2.55. The molecule has 9 atom stereocenters. The third-order valence-electron chi connectivity index (χ3n) is 15.0. The van der Waals surface area contributed by atoms with Crippen molar-refractivity contribution >= 4 is 47.5 Å². The number of hydrogen-bond donors (Lipinski definition) is 0. The van der Waals surface area contributed by atoms with Crippen LogP contribution in [-0.2, 0) is 69.1 Å². The van der Waals surface area contributed by atoms with Crippen molar-refractivity contribution in [1.82, 2.24) is 19.6 Å². The lowest BCUT2D eigenvalue weighted by Gasteiger charge is -2.37. The van der Waals surface area contributed by atoms with Crippen LogP contribution in [0.15, 0.2) is 48.1 Å². The van der Waals surface area contributed by atoms with Gasteiger partial charge in [-0.05, 0) is 118 Å². The summed E-state index contributed by atoms with van der Waals surface area (Å²) in [6, 6.07) is 1.30. The van der Waals surface area contributed by atoms with E-state index in [9.17, 15) is 28.8 Å². The zero-order chi connectivity index (χ0) is 62.3. The van der Waals surface area contributed by atoms with Crippen LogP contribution in [-0.4, -0.2) is 155 Å². The zero-order valence-corrected chi connectivity index (χ0v) is 52.8. The van der Waals surface area contributed by atoms with E-state index in [4.69, 9.17) is 18.9 Å². The highest BCUT2D eigenvalue weighted by Crippen LogP contribution is 2.36. The number of esters is 4. The minimum Gasteiger partial charge on any atom is -0.451 e. The van der Waals surface area contributed by atoms with Crippen molar-refractivity contribution in [2.24, 2.45) is 22.2 Å². The van der Waals surface area contributed by atoms with Crippen LogP contribution in [0.1, 0.15) is 181 Å². The van der Waals surface area contributed by atoms with Gasteiger partial charge in [-0.2, -0.15) is 0 Å². The number of likely N-dealkylation sites (N-methyl/N-ethyl adjacent to an activating group) is 4. The molecular weight excluding hydrogens is 1040 g/mol. The lowest BCUT2D eigenvalue weighted by molar-refractivity contribution is -0.176. The van der Waals surface area contributed by atoms with Gasteiger partial charge < -0.3 is 38.5 Å². The second-order valence-electron chi connectivity index (χ2n) is 28.3. The SMILES string of the molecule is C[C@H]1OC(=O)[C@H](CC(C)(C)C)N(C)C(=O)[C@@H](CC2=CCC(C(C)(C)C)C=C2)OC(=O)[C@H](CC(C)(C)F)N(C)C(=O)[C@@H](C)OC(=O)[C@H](CC(C)(C)C)N(C)C(=O)[C@@H](Cc2ccc(C(C)(C)C)cc2)OC(=O)[C@H](CCC(C)(C)F)N(C)C1=O. The van der Waals surface area contributed by atoms with E-state index in [0.717, 1.165) is 25.2 Å². The van der Waals surface area contributed by atoms with Crippen LogP contribution in [0.2, 0.25) is 0 Å². The molecule has 1 unspecified atom stereocenters. The van der Waals surface area contributed by atoms with Crippen molar-refractivity contribution in [2.75, 3.05) is 28.2 Å². The van der Waals surface area contributed by atoms with Crippen LogP contribution < -0.4 is 0 Å². The fraction of sp³-hybridized carbons (Fsp3) is 0.714. The van der Waals surface area contributed by atoms with E-state index < -0.39 is 125 Å². The van der Waals surface area contributed by atoms with Gasteiger partial charge in [0.25, 0.3) is 23.6 Å². The molecule has 0 bridgehead atoms. The molecule has 18 heteroatoms. The van der Waals surface area contributed by atoms with Gasteiger partial charge >= 0.3 is 23.9 Å². The summed E-state index contributed by atoms with van der Waals surface area (Å²) in [6.07, 6.45) is -1.75. The highest BCUT2D eigenvalue weighted by molar-refractivity contribution is 5.94. The number of halogens is 2. The Balaban J connectivity index is 2.36. The van der Waals surface area contributed by atoms with Crippen molar-refractivity contribution < 1.29 is 66.1 Å². The first-order chi connectivity index (χ1) is 36.7. The summed E-state index contributed by atoms with van der Waals surface area (Å²) < 4.78 is 55.3. The van der Waals surface area contributed by atoms with E-state index >= 15 is 18.4 Å². The van der Waals surface area contributed by atoms with E-state index in [0.29, 0.717) is 17.6 Å². The third-order valence-corrected chi connectivity index (χ3v) is 15.0. The van der Waals surface area contributed by atoms with Crippen molar-refractivity contribution in [1.29, 1.82) is 0 Å². The number of carbonyl (C=O) groups is 8.